The Hall–Kier alpha value is -3.58. The normalized spacial score (nSPS) is 15.1. The smallest absolute Gasteiger partial charge is 0.326 e. The number of carboxylic acid groups (broad SMARTS) is 1. The van der Waals surface area contributed by atoms with Gasteiger partial charge in [0.05, 0.1) is 18.9 Å². The van der Waals surface area contributed by atoms with E-state index >= 15 is 0 Å². The average molecular weight is 637 g/mol. The van der Waals surface area contributed by atoms with Crippen LogP contribution >= 0.6 is 25.3 Å². The van der Waals surface area contributed by atoms with Crippen molar-refractivity contribution in [1.29, 1.82) is 0 Å². The molecule has 7 amide bonds. The molecule has 42 heavy (non-hydrogen) atoms. The number of nitrogens with two attached hydrogens (primary N) is 3. The summed E-state index contributed by atoms with van der Waals surface area (Å²) in [6, 6.07) is -7.97. The molecule has 0 aliphatic rings. The lowest BCUT2D eigenvalue weighted by Gasteiger charge is -2.26. The number of aliphatic carboxylic acids is 1. The van der Waals surface area contributed by atoms with E-state index in [9.17, 15) is 43.5 Å². The van der Waals surface area contributed by atoms with Crippen LogP contribution in [0.2, 0.25) is 0 Å². The summed E-state index contributed by atoms with van der Waals surface area (Å²) in [6.07, 6.45) is -1.43. The van der Waals surface area contributed by atoms with Crippen LogP contribution in [0.25, 0.3) is 0 Å². The first-order chi connectivity index (χ1) is 19.4. The van der Waals surface area contributed by atoms with Crippen LogP contribution in [0, 0.1) is 5.92 Å². The Balaban J connectivity index is 5.64. The van der Waals surface area contributed by atoms with Crippen LogP contribution in [0.1, 0.15) is 40.0 Å². The molecule has 0 saturated carbocycles. The molecule has 17 nitrogen and oxygen atoms in total. The van der Waals surface area contributed by atoms with Gasteiger partial charge in [0, 0.05) is 11.5 Å². The highest BCUT2D eigenvalue weighted by atomic mass is 32.1. The van der Waals surface area contributed by atoms with Gasteiger partial charge in [-0.1, -0.05) is 13.8 Å². The summed E-state index contributed by atoms with van der Waals surface area (Å²) in [5.41, 5.74) is 15.8. The molecule has 12 N–H and O–H groups in total. The third kappa shape index (κ3) is 14.4. The van der Waals surface area contributed by atoms with E-state index in [0.717, 1.165) is 0 Å². The molecule has 238 valence electrons. The van der Waals surface area contributed by atoms with Gasteiger partial charge in [0.1, 0.15) is 30.2 Å². The van der Waals surface area contributed by atoms with Crippen molar-refractivity contribution in [2.24, 2.45) is 23.1 Å². The predicted molar refractivity (Wildman–Crippen MR) is 156 cm³/mol. The van der Waals surface area contributed by atoms with Gasteiger partial charge in [-0.2, -0.15) is 25.3 Å². The van der Waals surface area contributed by atoms with Crippen molar-refractivity contribution < 1.29 is 43.5 Å². The molecule has 19 heteroatoms. The standard InChI is InChI=1S/C23H40N8O9S2/c1-9(2)4-12(28-18(34)10(3)27-22(38)15(8-42)31-19(35)11(24)7-41)20(36)29-13(5-16(25)32)21(37)30-14(23(39)40)6-17(26)33/h9-15,41-42H,4-8,24H2,1-3H3,(H2,25,32)(H2,26,33)(H,27,38)(H,28,34)(H,29,36)(H,30,37)(H,31,35)(H,39,40)/t10-,11-,12-,13-,14-,15-/m0/s1. The zero-order chi connectivity index (χ0) is 32.7. The van der Waals surface area contributed by atoms with Gasteiger partial charge in [-0.25, -0.2) is 4.79 Å². The molecule has 6 atom stereocenters. The van der Waals surface area contributed by atoms with Crippen molar-refractivity contribution in [3.05, 3.63) is 0 Å². The molecular formula is C23H40N8O9S2. The van der Waals surface area contributed by atoms with Crippen molar-refractivity contribution in [3.8, 4) is 0 Å². The molecule has 0 rings (SSSR count). The minimum Gasteiger partial charge on any atom is -0.480 e. The molecule has 0 saturated heterocycles. The minimum atomic E-state index is -1.74. The van der Waals surface area contributed by atoms with Crippen molar-refractivity contribution in [2.45, 2.75) is 76.3 Å². The number of thiol groups is 2. The maximum absolute atomic E-state index is 13.1. The number of nitrogens with one attached hydrogen (secondary N) is 5. The fraction of sp³-hybridized carbons (Fsp3) is 0.652. The lowest BCUT2D eigenvalue weighted by molar-refractivity contribution is -0.144. The highest BCUT2D eigenvalue weighted by Gasteiger charge is 2.32. The summed E-state index contributed by atoms with van der Waals surface area (Å²) in [6.45, 7) is 4.80. The van der Waals surface area contributed by atoms with E-state index in [2.05, 4.69) is 46.5 Å². The number of amides is 7. The van der Waals surface area contributed by atoms with E-state index in [0.29, 0.717) is 0 Å². The number of carbonyl (C=O) groups is 8. The molecule has 0 radical (unpaired) electrons. The fourth-order valence-corrected chi connectivity index (χ4v) is 3.71. The third-order valence-electron chi connectivity index (χ3n) is 5.50. The van der Waals surface area contributed by atoms with Crippen LogP contribution in [0.4, 0.5) is 0 Å². The van der Waals surface area contributed by atoms with Gasteiger partial charge in [0.15, 0.2) is 0 Å². The summed E-state index contributed by atoms with van der Waals surface area (Å²) in [5.74, 6) is -8.13. The first kappa shape index (κ1) is 38.4. The summed E-state index contributed by atoms with van der Waals surface area (Å²) in [7, 11) is 0. The van der Waals surface area contributed by atoms with Crippen molar-refractivity contribution >= 4 is 72.6 Å². The Labute approximate surface area is 253 Å². The van der Waals surface area contributed by atoms with Crippen molar-refractivity contribution in [3.63, 3.8) is 0 Å². The second-order valence-corrected chi connectivity index (χ2v) is 10.5. The third-order valence-corrected chi connectivity index (χ3v) is 6.26. The molecule has 0 aromatic heterocycles. The van der Waals surface area contributed by atoms with Gasteiger partial charge in [0.2, 0.25) is 41.4 Å². The number of primary amides is 2. The molecule has 0 heterocycles. The Kier molecular flexibility index (Phi) is 17.2. The van der Waals surface area contributed by atoms with E-state index in [1.165, 1.54) is 6.92 Å². The summed E-state index contributed by atoms with van der Waals surface area (Å²) in [5, 5.41) is 20.8. The van der Waals surface area contributed by atoms with Crippen LogP contribution in [-0.4, -0.2) is 100 Å². The minimum absolute atomic E-state index is 0.0281. The van der Waals surface area contributed by atoms with Crippen LogP contribution in [0.5, 0.6) is 0 Å². The number of rotatable bonds is 19. The van der Waals surface area contributed by atoms with Gasteiger partial charge in [0.25, 0.3) is 0 Å². The van der Waals surface area contributed by atoms with E-state index in [4.69, 9.17) is 17.2 Å². The molecular weight excluding hydrogens is 596 g/mol. The van der Waals surface area contributed by atoms with Crippen LogP contribution in [0.3, 0.4) is 0 Å². The van der Waals surface area contributed by atoms with E-state index < -0.39 is 96.4 Å². The molecule has 0 spiro atoms. The van der Waals surface area contributed by atoms with Crippen LogP contribution in [-0.2, 0) is 38.4 Å². The highest BCUT2D eigenvalue weighted by Crippen LogP contribution is 2.07. The Morgan fingerprint density at radius 1 is 0.619 bits per heavy atom. The van der Waals surface area contributed by atoms with Crippen molar-refractivity contribution in [2.75, 3.05) is 11.5 Å². The van der Waals surface area contributed by atoms with Gasteiger partial charge in [-0.3, -0.25) is 33.6 Å². The second-order valence-electron chi connectivity index (χ2n) is 9.76. The van der Waals surface area contributed by atoms with Crippen molar-refractivity contribution in [1.82, 2.24) is 26.6 Å². The van der Waals surface area contributed by atoms with Gasteiger partial charge < -0.3 is 48.9 Å². The number of carboxylic acids is 1. The average Bonchev–Trinajstić information content (AvgIpc) is 2.88. The lowest BCUT2D eigenvalue weighted by atomic mass is 10.0. The maximum atomic E-state index is 13.1. The Morgan fingerprint density at radius 3 is 1.50 bits per heavy atom. The molecule has 0 unspecified atom stereocenters. The van der Waals surface area contributed by atoms with E-state index in [1.807, 2.05) is 5.32 Å². The predicted octanol–water partition coefficient (Wildman–Crippen LogP) is -4.50. The summed E-state index contributed by atoms with van der Waals surface area (Å²) < 4.78 is 0. The first-order valence-corrected chi connectivity index (χ1v) is 14.0. The molecule has 0 aromatic carbocycles. The highest BCUT2D eigenvalue weighted by molar-refractivity contribution is 7.80. The zero-order valence-corrected chi connectivity index (χ0v) is 25.2. The molecule has 0 bridgehead atoms. The van der Waals surface area contributed by atoms with E-state index in [1.54, 1.807) is 13.8 Å². The lowest BCUT2D eigenvalue weighted by Crippen LogP contribution is -2.59. The fourth-order valence-electron chi connectivity index (χ4n) is 3.29. The molecule has 0 aliphatic carbocycles. The van der Waals surface area contributed by atoms with Gasteiger partial charge in [-0.05, 0) is 19.3 Å². The topological polar surface area (TPSA) is 295 Å². The van der Waals surface area contributed by atoms with Crippen LogP contribution in [0.15, 0.2) is 0 Å². The first-order valence-electron chi connectivity index (χ1n) is 12.7. The maximum Gasteiger partial charge on any atom is 0.326 e. The number of carbonyl (C=O) groups excluding carboxylic acids is 7. The second kappa shape index (κ2) is 18.8. The SMILES string of the molecule is CC(C)C[C@H](NC(=O)[C@H](C)NC(=O)[C@H](CS)NC(=O)[C@@H](N)CS)C(=O)N[C@@H](CC(N)=O)C(=O)N[C@@H](CC(N)=O)C(=O)O. The summed E-state index contributed by atoms with van der Waals surface area (Å²) >= 11 is 7.95. The van der Waals surface area contributed by atoms with Gasteiger partial charge >= 0.3 is 5.97 Å². The molecule has 0 fully saturated rings. The quantitative estimate of drug-likeness (QED) is 0.0604. The monoisotopic (exact) mass is 636 g/mol. The van der Waals surface area contributed by atoms with E-state index in [-0.39, 0.29) is 23.8 Å². The number of hydrogen-bond acceptors (Lipinski definition) is 11. The number of hydrogen-bond donors (Lipinski definition) is 11. The Morgan fingerprint density at radius 2 is 1.05 bits per heavy atom. The zero-order valence-electron chi connectivity index (χ0n) is 23.4. The van der Waals surface area contributed by atoms with Crippen LogP contribution < -0.4 is 43.8 Å². The summed E-state index contributed by atoms with van der Waals surface area (Å²) in [4.78, 5) is 97.4. The largest absolute Gasteiger partial charge is 0.480 e. The Bertz CT molecular complexity index is 1030. The molecule has 0 aromatic rings. The van der Waals surface area contributed by atoms with Gasteiger partial charge in [-0.15, -0.1) is 0 Å². The molecule has 0 aliphatic heterocycles.